The number of fused-ring (bicyclic) bond motifs is 1. The second-order valence-electron chi connectivity index (χ2n) is 4.81. The number of anilines is 1. The largest absolute Gasteiger partial charge is 0.364 e. The molecule has 0 saturated carbocycles. The molecule has 6 heteroatoms. The van der Waals surface area contributed by atoms with Gasteiger partial charge in [0.2, 0.25) is 0 Å². The van der Waals surface area contributed by atoms with Gasteiger partial charge < -0.3 is 10.3 Å². The van der Waals surface area contributed by atoms with Gasteiger partial charge in [-0.3, -0.25) is 4.98 Å². The Kier molecular flexibility index (Phi) is 3.29. The highest BCUT2D eigenvalue weighted by atomic mass is 32.1. The lowest BCUT2D eigenvalue weighted by Gasteiger charge is -2.07. The number of aromatic amines is 1. The van der Waals surface area contributed by atoms with Crippen LogP contribution in [0, 0.1) is 0 Å². The molecule has 4 aromatic heterocycles. The van der Waals surface area contributed by atoms with Crippen LogP contribution in [0.15, 0.2) is 54.3 Å². The summed E-state index contributed by atoms with van der Waals surface area (Å²) in [6.07, 6.45) is 5.51. The van der Waals surface area contributed by atoms with Crippen molar-refractivity contribution in [2.24, 2.45) is 0 Å². The van der Waals surface area contributed by atoms with E-state index in [4.69, 9.17) is 0 Å². The minimum atomic E-state index is 0.636. The van der Waals surface area contributed by atoms with Crippen molar-refractivity contribution in [2.75, 3.05) is 5.32 Å². The van der Waals surface area contributed by atoms with E-state index >= 15 is 0 Å². The number of thiazole rings is 1. The van der Waals surface area contributed by atoms with E-state index in [1.165, 1.54) is 0 Å². The molecule has 4 rings (SSSR count). The lowest BCUT2D eigenvalue weighted by Crippen LogP contribution is -2.03. The minimum absolute atomic E-state index is 0.636. The summed E-state index contributed by atoms with van der Waals surface area (Å²) in [5, 5.41) is 7.39. The molecule has 0 fully saturated rings. The Labute approximate surface area is 131 Å². The maximum absolute atomic E-state index is 4.60. The van der Waals surface area contributed by atoms with Gasteiger partial charge in [0.25, 0.3) is 0 Å². The summed E-state index contributed by atoms with van der Waals surface area (Å²) in [5.41, 5.74) is 2.92. The third kappa shape index (κ3) is 2.44. The standard InChI is InChI=1S/C16H13N5S/c1-2-5-17-11(3-1)10-20-14-9-13(16-19-7-8-22-16)12-4-6-18-15(12)21-14/h1-9H,10H2,(H2,18,20,21). The summed E-state index contributed by atoms with van der Waals surface area (Å²) >= 11 is 1.62. The Morgan fingerprint density at radius 1 is 1.14 bits per heavy atom. The first-order valence-electron chi connectivity index (χ1n) is 6.92. The lowest BCUT2D eigenvalue weighted by atomic mass is 10.2. The summed E-state index contributed by atoms with van der Waals surface area (Å²) in [7, 11) is 0. The Bertz CT molecular complexity index is 883. The first-order valence-corrected chi connectivity index (χ1v) is 7.80. The van der Waals surface area contributed by atoms with Gasteiger partial charge in [0.1, 0.15) is 16.5 Å². The molecule has 0 bridgehead atoms. The number of nitrogens with zero attached hydrogens (tertiary/aromatic N) is 3. The fourth-order valence-corrected chi connectivity index (χ4v) is 3.01. The number of H-pyrrole nitrogens is 1. The molecule has 0 saturated heterocycles. The van der Waals surface area contributed by atoms with E-state index in [1.807, 2.05) is 48.1 Å². The van der Waals surface area contributed by atoms with Crippen LogP contribution in [0.2, 0.25) is 0 Å². The molecule has 4 heterocycles. The van der Waals surface area contributed by atoms with Crippen LogP contribution in [0.3, 0.4) is 0 Å². The fraction of sp³-hybridized carbons (Fsp3) is 0.0625. The second-order valence-corrected chi connectivity index (χ2v) is 5.70. The Balaban J connectivity index is 1.69. The van der Waals surface area contributed by atoms with E-state index in [0.29, 0.717) is 6.54 Å². The monoisotopic (exact) mass is 307 g/mol. The number of aromatic nitrogens is 4. The van der Waals surface area contributed by atoms with Crippen molar-refractivity contribution in [2.45, 2.75) is 6.54 Å². The van der Waals surface area contributed by atoms with Crippen LogP contribution in [-0.2, 0) is 6.54 Å². The Morgan fingerprint density at radius 3 is 2.95 bits per heavy atom. The fourth-order valence-electron chi connectivity index (χ4n) is 2.35. The third-order valence-electron chi connectivity index (χ3n) is 3.37. The number of pyridine rings is 2. The summed E-state index contributed by atoms with van der Waals surface area (Å²) in [6.45, 7) is 0.636. The maximum Gasteiger partial charge on any atom is 0.140 e. The van der Waals surface area contributed by atoms with Crippen molar-refractivity contribution in [1.82, 2.24) is 19.9 Å². The molecule has 0 aliphatic rings. The molecule has 0 radical (unpaired) electrons. The molecule has 2 N–H and O–H groups in total. The maximum atomic E-state index is 4.60. The molecule has 0 spiro atoms. The molecule has 0 aromatic carbocycles. The van der Waals surface area contributed by atoms with Gasteiger partial charge in [0.05, 0.1) is 12.2 Å². The van der Waals surface area contributed by atoms with Crippen molar-refractivity contribution in [3.63, 3.8) is 0 Å². The molecule has 0 atom stereocenters. The SMILES string of the molecule is c1ccc(CNc2cc(-c3nccs3)c3cc[nH]c3n2)nc1. The van der Waals surface area contributed by atoms with Crippen LogP contribution < -0.4 is 5.32 Å². The molecule has 0 aliphatic heterocycles. The normalized spacial score (nSPS) is 10.9. The topological polar surface area (TPSA) is 66.5 Å². The smallest absolute Gasteiger partial charge is 0.140 e. The number of hydrogen-bond donors (Lipinski definition) is 2. The highest BCUT2D eigenvalue weighted by Gasteiger charge is 2.10. The van der Waals surface area contributed by atoms with Gasteiger partial charge in [-0.2, -0.15) is 0 Å². The molecule has 108 valence electrons. The van der Waals surface area contributed by atoms with E-state index in [2.05, 4.69) is 25.3 Å². The van der Waals surface area contributed by atoms with Crippen molar-refractivity contribution in [1.29, 1.82) is 0 Å². The first-order chi connectivity index (χ1) is 10.9. The molecule has 22 heavy (non-hydrogen) atoms. The highest BCUT2D eigenvalue weighted by molar-refractivity contribution is 7.13. The zero-order valence-corrected chi connectivity index (χ0v) is 12.5. The van der Waals surface area contributed by atoms with Gasteiger partial charge in [-0.15, -0.1) is 11.3 Å². The minimum Gasteiger partial charge on any atom is -0.364 e. The van der Waals surface area contributed by atoms with E-state index in [9.17, 15) is 0 Å². The van der Waals surface area contributed by atoms with E-state index in [0.717, 1.165) is 33.1 Å². The van der Waals surface area contributed by atoms with Gasteiger partial charge >= 0.3 is 0 Å². The van der Waals surface area contributed by atoms with Crippen LogP contribution in [0.25, 0.3) is 21.6 Å². The summed E-state index contributed by atoms with van der Waals surface area (Å²) in [4.78, 5) is 16.5. The molecule has 4 aromatic rings. The average Bonchev–Trinajstić information content (AvgIpc) is 3.24. The Morgan fingerprint density at radius 2 is 2.14 bits per heavy atom. The lowest BCUT2D eigenvalue weighted by molar-refractivity contribution is 1.03. The second kappa shape index (κ2) is 5.57. The van der Waals surface area contributed by atoms with Crippen LogP contribution in [0.1, 0.15) is 5.69 Å². The quantitative estimate of drug-likeness (QED) is 0.603. The number of hydrogen-bond acceptors (Lipinski definition) is 5. The van der Waals surface area contributed by atoms with E-state index in [1.54, 1.807) is 17.5 Å². The van der Waals surface area contributed by atoms with E-state index in [-0.39, 0.29) is 0 Å². The van der Waals surface area contributed by atoms with Crippen LogP contribution in [0.4, 0.5) is 5.82 Å². The van der Waals surface area contributed by atoms with Crippen LogP contribution in [0.5, 0.6) is 0 Å². The first kappa shape index (κ1) is 13.0. The Hall–Kier alpha value is -2.73. The van der Waals surface area contributed by atoms with Crippen LogP contribution in [-0.4, -0.2) is 19.9 Å². The van der Waals surface area contributed by atoms with Crippen LogP contribution >= 0.6 is 11.3 Å². The predicted octanol–water partition coefficient (Wildman–Crippen LogP) is 3.69. The van der Waals surface area contributed by atoms with Crippen molar-refractivity contribution < 1.29 is 0 Å². The van der Waals surface area contributed by atoms with Crippen molar-refractivity contribution in [3.05, 3.63) is 60.0 Å². The predicted molar refractivity (Wildman–Crippen MR) is 88.8 cm³/mol. The van der Waals surface area contributed by atoms with Gasteiger partial charge in [-0.25, -0.2) is 9.97 Å². The number of rotatable bonds is 4. The third-order valence-corrected chi connectivity index (χ3v) is 4.17. The average molecular weight is 307 g/mol. The zero-order chi connectivity index (χ0) is 14.8. The summed E-state index contributed by atoms with van der Waals surface area (Å²) in [6, 6.07) is 9.95. The van der Waals surface area contributed by atoms with E-state index < -0.39 is 0 Å². The summed E-state index contributed by atoms with van der Waals surface area (Å²) < 4.78 is 0. The van der Waals surface area contributed by atoms with Gasteiger partial charge in [-0.1, -0.05) is 6.07 Å². The molecule has 0 unspecified atom stereocenters. The van der Waals surface area contributed by atoms with Gasteiger partial charge in [-0.05, 0) is 24.3 Å². The summed E-state index contributed by atoms with van der Waals surface area (Å²) in [5.74, 6) is 0.811. The van der Waals surface area contributed by atoms with Gasteiger partial charge in [0, 0.05) is 34.9 Å². The zero-order valence-electron chi connectivity index (χ0n) is 11.7. The molecular formula is C16H13N5S. The molecule has 0 aliphatic carbocycles. The molecule has 0 amide bonds. The highest BCUT2D eigenvalue weighted by Crippen LogP contribution is 2.31. The van der Waals surface area contributed by atoms with Crippen molar-refractivity contribution >= 4 is 28.2 Å². The van der Waals surface area contributed by atoms with Crippen molar-refractivity contribution in [3.8, 4) is 10.6 Å². The number of nitrogens with one attached hydrogen (secondary N) is 2. The molecule has 5 nitrogen and oxygen atoms in total. The molecular weight excluding hydrogens is 294 g/mol. The van der Waals surface area contributed by atoms with Gasteiger partial charge in [0.15, 0.2) is 0 Å².